The van der Waals surface area contributed by atoms with Crippen LogP contribution < -0.4 is 15.3 Å². The molecular formula is C12H13NO5. The molecule has 0 spiro atoms. The zero-order valence-electron chi connectivity index (χ0n) is 9.79. The van der Waals surface area contributed by atoms with E-state index in [0.29, 0.717) is 11.1 Å². The zero-order chi connectivity index (χ0) is 13.2. The lowest BCUT2D eigenvalue weighted by atomic mass is 10.2. The molecule has 0 bridgehead atoms. The van der Waals surface area contributed by atoms with Crippen LogP contribution in [0.5, 0.6) is 5.75 Å². The van der Waals surface area contributed by atoms with Gasteiger partial charge in [0.15, 0.2) is 0 Å². The SMILES string of the molecule is COc1ccc2c(c1)=CC(CO)(OCC(=O)O)N=2. The fourth-order valence-corrected chi connectivity index (χ4v) is 1.74. The van der Waals surface area contributed by atoms with Crippen LogP contribution in [0.25, 0.3) is 6.08 Å². The third-order valence-corrected chi connectivity index (χ3v) is 2.60. The summed E-state index contributed by atoms with van der Waals surface area (Å²) in [5.41, 5.74) is -1.31. The second-order valence-electron chi connectivity index (χ2n) is 3.87. The molecule has 1 aromatic rings. The number of nitrogens with zero attached hydrogens (tertiary/aromatic N) is 1. The summed E-state index contributed by atoms with van der Waals surface area (Å²) in [6.07, 6.45) is 1.59. The first-order chi connectivity index (χ1) is 8.58. The fraction of sp³-hybridized carbons (Fsp3) is 0.333. The van der Waals surface area contributed by atoms with Gasteiger partial charge in [-0.05, 0) is 24.3 Å². The van der Waals surface area contributed by atoms with Crippen molar-refractivity contribution < 1.29 is 24.5 Å². The van der Waals surface area contributed by atoms with Gasteiger partial charge in [-0.15, -0.1) is 0 Å². The number of benzene rings is 1. The van der Waals surface area contributed by atoms with Crippen LogP contribution in [0.1, 0.15) is 0 Å². The first-order valence-corrected chi connectivity index (χ1v) is 5.32. The number of fused-ring (bicyclic) bond motifs is 1. The Morgan fingerprint density at radius 1 is 1.50 bits per heavy atom. The number of carboxylic acids is 1. The van der Waals surface area contributed by atoms with Gasteiger partial charge in [0.1, 0.15) is 12.4 Å². The van der Waals surface area contributed by atoms with Gasteiger partial charge in [0, 0.05) is 5.22 Å². The van der Waals surface area contributed by atoms with E-state index in [0.717, 1.165) is 5.22 Å². The van der Waals surface area contributed by atoms with E-state index in [9.17, 15) is 9.90 Å². The number of rotatable bonds is 5. The maximum absolute atomic E-state index is 10.5. The molecule has 18 heavy (non-hydrogen) atoms. The first-order valence-electron chi connectivity index (χ1n) is 5.32. The number of ether oxygens (including phenoxy) is 2. The van der Waals surface area contributed by atoms with E-state index >= 15 is 0 Å². The molecule has 0 amide bonds. The van der Waals surface area contributed by atoms with E-state index in [4.69, 9.17) is 14.6 Å². The molecule has 96 valence electrons. The van der Waals surface area contributed by atoms with Gasteiger partial charge in [-0.2, -0.15) is 0 Å². The number of carboxylic acid groups (broad SMARTS) is 1. The molecule has 6 heteroatoms. The third-order valence-electron chi connectivity index (χ3n) is 2.60. The standard InChI is InChI=1S/C12H13NO5/c1-17-9-2-3-10-8(4-9)5-12(7-14,13-10)18-6-11(15)16/h2-5,14H,6-7H2,1H3,(H,15,16). The van der Waals surface area contributed by atoms with E-state index in [1.54, 1.807) is 31.4 Å². The van der Waals surface area contributed by atoms with Gasteiger partial charge in [-0.25, -0.2) is 9.79 Å². The minimum Gasteiger partial charge on any atom is -0.497 e. The first kappa shape index (κ1) is 12.5. The van der Waals surface area contributed by atoms with Crippen molar-refractivity contribution in [1.29, 1.82) is 0 Å². The molecule has 2 N–H and O–H groups in total. The van der Waals surface area contributed by atoms with Gasteiger partial charge in [0.2, 0.25) is 5.72 Å². The largest absolute Gasteiger partial charge is 0.497 e. The average molecular weight is 251 g/mol. The molecular weight excluding hydrogens is 238 g/mol. The van der Waals surface area contributed by atoms with E-state index in [2.05, 4.69) is 4.99 Å². The lowest BCUT2D eigenvalue weighted by molar-refractivity contribution is -0.147. The predicted octanol–water partition coefficient (Wildman–Crippen LogP) is -1.10. The Morgan fingerprint density at radius 2 is 2.28 bits per heavy atom. The maximum atomic E-state index is 10.5. The van der Waals surface area contributed by atoms with Crippen molar-refractivity contribution in [2.45, 2.75) is 5.72 Å². The minimum atomic E-state index is -1.31. The number of aliphatic hydroxyl groups excluding tert-OH is 1. The molecule has 6 nitrogen and oxygen atoms in total. The summed E-state index contributed by atoms with van der Waals surface area (Å²) in [6, 6.07) is 5.22. The molecule has 1 aliphatic rings. The molecule has 1 heterocycles. The lowest BCUT2D eigenvalue weighted by Crippen LogP contribution is -2.33. The Hall–Kier alpha value is -1.92. The average Bonchev–Trinajstić information content (AvgIpc) is 2.74. The van der Waals surface area contributed by atoms with Gasteiger partial charge >= 0.3 is 5.97 Å². The van der Waals surface area contributed by atoms with Gasteiger partial charge in [-0.3, -0.25) is 0 Å². The Kier molecular flexibility index (Phi) is 3.31. The van der Waals surface area contributed by atoms with Crippen LogP contribution >= 0.6 is 0 Å². The summed E-state index contributed by atoms with van der Waals surface area (Å²) in [5, 5.41) is 19.3. The van der Waals surface area contributed by atoms with Crippen molar-refractivity contribution in [3.05, 3.63) is 28.8 Å². The van der Waals surface area contributed by atoms with Crippen molar-refractivity contribution in [1.82, 2.24) is 0 Å². The Balaban J connectivity index is 2.37. The summed E-state index contributed by atoms with van der Waals surface area (Å²) >= 11 is 0. The summed E-state index contributed by atoms with van der Waals surface area (Å²) in [6.45, 7) is -0.942. The second-order valence-corrected chi connectivity index (χ2v) is 3.87. The van der Waals surface area contributed by atoms with E-state index < -0.39 is 24.9 Å². The molecule has 0 fully saturated rings. The summed E-state index contributed by atoms with van der Waals surface area (Å²) < 4.78 is 10.2. The maximum Gasteiger partial charge on any atom is 0.329 e. The lowest BCUT2D eigenvalue weighted by Gasteiger charge is -2.20. The van der Waals surface area contributed by atoms with Crippen molar-refractivity contribution in [2.24, 2.45) is 4.99 Å². The van der Waals surface area contributed by atoms with Crippen molar-refractivity contribution in [3.8, 4) is 5.75 Å². The van der Waals surface area contributed by atoms with Gasteiger partial charge in [0.05, 0.1) is 19.1 Å². The van der Waals surface area contributed by atoms with Crippen LogP contribution in [-0.2, 0) is 9.53 Å². The summed E-state index contributed by atoms with van der Waals surface area (Å²) in [5.74, 6) is -0.452. The molecule has 0 saturated carbocycles. The summed E-state index contributed by atoms with van der Waals surface area (Å²) in [7, 11) is 1.55. The normalized spacial score (nSPS) is 20.8. The molecule has 1 atom stereocenters. The van der Waals surface area contributed by atoms with Crippen LogP contribution in [0.15, 0.2) is 23.2 Å². The van der Waals surface area contributed by atoms with Crippen molar-refractivity contribution in [3.63, 3.8) is 0 Å². The second kappa shape index (κ2) is 4.75. The number of carbonyl (C=O) groups is 1. The minimum absolute atomic E-state index is 0.419. The van der Waals surface area contributed by atoms with Crippen LogP contribution in [0.2, 0.25) is 0 Å². The number of hydrogen-bond acceptors (Lipinski definition) is 5. The molecule has 0 aliphatic carbocycles. The van der Waals surface area contributed by atoms with E-state index in [1.807, 2.05) is 0 Å². The highest BCUT2D eigenvalue weighted by molar-refractivity contribution is 5.68. The Morgan fingerprint density at radius 3 is 2.89 bits per heavy atom. The van der Waals surface area contributed by atoms with E-state index in [1.165, 1.54) is 0 Å². The number of aliphatic hydroxyl groups is 1. The van der Waals surface area contributed by atoms with Crippen molar-refractivity contribution >= 4 is 12.0 Å². The number of methoxy groups -OCH3 is 1. The highest BCUT2D eigenvalue weighted by atomic mass is 16.5. The molecule has 2 rings (SSSR count). The van der Waals surface area contributed by atoms with Crippen LogP contribution in [0, 0.1) is 0 Å². The topological polar surface area (TPSA) is 88.3 Å². The molecule has 1 aromatic carbocycles. The van der Waals surface area contributed by atoms with Crippen LogP contribution in [0.3, 0.4) is 0 Å². The molecule has 1 unspecified atom stereocenters. The quantitative estimate of drug-likeness (QED) is 0.693. The van der Waals surface area contributed by atoms with Gasteiger partial charge in [-0.1, -0.05) is 0 Å². The smallest absolute Gasteiger partial charge is 0.329 e. The Bertz CT molecular complexity index is 583. The van der Waals surface area contributed by atoms with Crippen LogP contribution in [-0.4, -0.2) is 42.2 Å². The summed E-state index contributed by atoms with van der Waals surface area (Å²) in [4.78, 5) is 14.7. The number of aliphatic carboxylic acids is 1. The molecule has 0 aromatic heterocycles. The van der Waals surface area contributed by atoms with Gasteiger partial charge in [0.25, 0.3) is 0 Å². The number of hydrogen-bond donors (Lipinski definition) is 2. The monoisotopic (exact) mass is 251 g/mol. The fourth-order valence-electron chi connectivity index (χ4n) is 1.74. The van der Waals surface area contributed by atoms with Crippen molar-refractivity contribution in [2.75, 3.05) is 20.3 Å². The third kappa shape index (κ3) is 2.34. The Labute approximate surface area is 103 Å². The predicted molar refractivity (Wildman–Crippen MR) is 61.6 cm³/mol. The van der Waals surface area contributed by atoms with Gasteiger partial charge < -0.3 is 19.7 Å². The highest BCUT2D eigenvalue weighted by Gasteiger charge is 2.30. The van der Waals surface area contributed by atoms with E-state index in [-0.39, 0.29) is 0 Å². The molecule has 0 saturated heterocycles. The van der Waals surface area contributed by atoms with Crippen LogP contribution in [0.4, 0.5) is 0 Å². The molecule has 1 aliphatic heterocycles. The molecule has 0 radical (unpaired) electrons. The highest BCUT2D eigenvalue weighted by Crippen LogP contribution is 2.17. The zero-order valence-corrected chi connectivity index (χ0v) is 9.79.